The Bertz CT molecular complexity index is 853. The van der Waals surface area contributed by atoms with E-state index in [1.807, 2.05) is 23.9 Å². The van der Waals surface area contributed by atoms with Crippen molar-refractivity contribution in [1.82, 2.24) is 25.4 Å². The molecular weight excluding hydrogens is 471 g/mol. The summed E-state index contributed by atoms with van der Waals surface area (Å²) in [6.45, 7) is 6.27. The Kier molecular flexibility index (Phi) is 8.23. The Hall–Kier alpha value is -1.94. The number of nitrogens with one attached hydrogen (secondary N) is 2. The molecule has 27 heavy (non-hydrogen) atoms. The molecular formula is C19H25IN6S. The number of aryl methyl sites for hydroxylation is 2. The van der Waals surface area contributed by atoms with Crippen LogP contribution in [-0.4, -0.2) is 27.8 Å². The van der Waals surface area contributed by atoms with Crippen molar-refractivity contribution in [2.45, 2.75) is 33.5 Å². The fourth-order valence-electron chi connectivity index (χ4n) is 2.63. The van der Waals surface area contributed by atoms with Gasteiger partial charge in [0, 0.05) is 30.9 Å². The summed E-state index contributed by atoms with van der Waals surface area (Å²) in [5, 5.41) is 12.1. The molecule has 2 N–H and O–H groups in total. The molecule has 144 valence electrons. The molecule has 0 aliphatic rings. The number of thiazole rings is 1. The third-order valence-corrected chi connectivity index (χ3v) is 5.23. The van der Waals surface area contributed by atoms with Crippen molar-refractivity contribution in [1.29, 1.82) is 0 Å². The predicted octanol–water partition coefficient (Wildman–Crippen LogP) is 3.49. The topological polar surface area (TPSA) is 67.1 Å². The quantitative estimate of drug-likeness (QED) is 0.312. The van der Waals surface area contributed by atoms with E-state index in [4.69, 9.17) is 0 Å². The average molecular weight is 496 g/mol. The smallest absolute Gasteiger partial charge is 0.191 e. The molecule has 2 aromatic heterocycles. The van der Waals surface area contributed by atoms with E-state index < -0.39 is 0 Å². The highest BCUT2D eigenvalue weighted by Gasteiger charge is 2.07. The second kappa shape index (κ2) is 10.4. The van der Waals surface area contributed by atoms with Gasteiger partial charge in [-0.3, -0.25) is 9.67 Å². The Balaban J connectivity index is 0.00000261. The van der Waals surface area contributed by atoms with Crippen LogP contribution in [0.15, 0.2) is 47.7 Å². The van der Waals surface area contributed by atoms with Crippen LogP contribution in [0.1, 0.15) is 26.7 Å². The van der Waals surface area contributed by atoms with Gasteiger partial charge in [-0.2, -0.15) is 5.10 Å². The van der Waals surface area contributed by atoms with E-state index in [-0.39, 0.29) is 24.0 Å². The van der Waals surface area contributed by atoms with Gasteiger partial charge < -0.3 is 10.6 Å². The number of aromatic nitrogens is 3. The highest BCUT2D eigenvalue weighted by Crippen LogP contribution is 2.16. The lowest BCUT2D eigenvalue weighted by atomic mass is 10.1. The molecule has 0 saturated heterocycles. The van der Waals surface area contributed by atoms with Crippen LogP contribution in [0.3, 0.4) is 0 Å². The van der Waals surface area contributed by atoms with Gasteiger partial charge in [-0.15, -0.1) is 35.3 Å². The molecule has 0 aliphatic carbocycles. The second-order valence-electron chi connectivity index (χ2n) is 6.00. The second-order valence-corrected chi connectivity index (χ2v) is 7.29. The zero-order valence-corrected chi connectivity index (χ0v) is 18.9. The number of hydrogen-bond donors (Lipinski definition) is 2. The van der Waals surface area contributed by atoms with Crippen molar-refractivity contribution in [2.75, 3.05) is 7.05 Å². The molecule has 0 bridgehead atoms. The van der Waals surface area contributed by atoms with E-state index in [0.29, 0.717) is 13.1 Å². The first-order chi connectivity index (χ1) is 12.7. The summed E-state index contributed by atoms with van der Waals surface area (Å²) < 4.78 is 1.93. The van der Waals surface area contributed by atoms with Gasteiger partial charge in [-0.1, -0.05) is 24.3 Å². The average Bonchev–Trinajstić information content (AvgIpc) is 3.26. The fourth-order valence-corrected chi connectivity index (χ4v) is 3.50. The molecule has 0 saturated carbocycles. The van der Waals surface area contributed by atoms with Gasteiger partial charge in [-0.05, 0) is 31.0 Å². The number of benzene rings is 1. The number of aliphatic imine (C=N–C) groups is 1. The molecule has 3 aromatic rings. The molecule has 0 amide bonds. The summed E-state index contributed by atoms with van der Waals surface area (Å²) in [6.07, 6.45) is 3.78. The van der Waals surface area contributed by atoms with Crippen LogP contribution in [0.25, 0.3) is 0 Å². The lowest BCUT2D eigenvalue weighted by molar-refractivity contribution is 0.677. The first kappa shape index (κ1) is 21.4. The van der Waals surface area contributed by atoms with Crippen molar-refractivity contribution >= 4 is 41.3 Å². The number of guanidine groups is 1. The van der Waals surface area contributed by atoms with Crippen molar-refractivity contribution in [3.8, 4) is 0 Å². The van der Waals surface area contributed by atoms with E-state index in [1.54, 1.807) is 24.6 Å². The Morgan fingerprint density at radius 2 is 1.85 bits per heavy atom. The van der Waals surface area contributed by atoms with E-state index in [2.05, 4.69) is 56.9 Å². The lowest BCUT2D eigenvalue weighted by Gasteiger charge is -2.14. The van der Waals surface area contributed by atoms with Gasteiger partial charge in [0.1, 0.15) is 5.01 Å². The standard InChI is InChI=1S/C19H24N6S.HI/c1-14-15(2)26-18(24-14)12-22-19(20-3)21-11-16-7-4-5-8-17(16)13-25-10-6-9-23-25;/h4-10H,11-13H2,1-3H3,(H2,20,21,22);1H. The molecule has 0 aliphatic heterocycles. The maximum Gasteiger partial charge on any atom is 0.191 e. The lowest BCUT2D eigenvalue weighted by Crippen LogP contribution is -2.36. The SMILES string of the molecule is CN=C(NCc1nc(C)c(C)s1)NCc1ccccc1Cn1cccn1.I. The van der Waals surface area contributed by atoms with Crippen LogP contribution < -0.4 is 10.6 Å². The van der Waals surface area contributed by atoms with Crippen molar-refractivity contribution in [3.63, 3.8) is 0 Å². The zero-order valence-electron chi connectivity index (χ0n) is 15.8. The Morgan fingerprint density at radius 3 is 2.48 bits per heavy atom. The molecule has 0 fully saturated rings. The van der Waals surface area contributed by atoms with Crippen LogP contribution in [0.5, 0.6) is 0 Å². The minimum absolute atomic E-state index is 0. The highest BCUT2D eigenvalue weighted by atomic mass is 127. The van der Waals surface area contributed by atoms with Gasteiger partial charge in [0.2, 0.25) is 0 Å². The molecule has 0 atom stereocenters. The van der Waals surface area contributed by atoms with Crippen LogP contribution in [0.4, 0.5) is 0 Å². The third-order valence-electron chi connectivity index (χ3n) is 4.16. The van der Waals surface area contributed by atoms with Gasteiger partial charge >= 0.3 is 0 Å². The third kappa shape index (κ3) is 6.03. The largest absolute Gasteiger partial charge is 0.352 e. The van der Waals surface area contributed by atoms with Crippen LogP contribution in [0, 0.1) is 13.8 Å². The number of hydrogen-bond acceptors (Lipinski definition) is 4. The molecule has 0 radical (unpaired) electrons. The zero-order chi connectivity index (χ0) is 18.4. The van der Waals surface area contributed by atoms with E-state index in [9.17, 15) is 0 Å². The molecule has 0 spiro atoms. The molecule has 2 heterocycles. The summed E-state index contributed by atoms with van der Waals surface area (Å²) in [4.78, 5) is 10.1. The Morgan fingerprint density at radius 1 is 1.11 bits per heavy atom. The number of rotatable bonds is 6. The Labute approximate surface area is 181 Å². The normalized spacial score (nSPS) is 11.1. The highest BCUT2D eigenvalue weighted by molar-refractivity contribution is 14.0. The van der Waals surface area contributed by atoms with Gasteiger partial charge in [0.05, 0.1) is 18.8 Å². The fraction of sp³-hybridized carbons (Fsp3) is 0.316. The molecule has 3 rings (SSSR count). The molecule has 6 nitrogen and oxygen atoms in total. The minimum Gasteiger partial charge on any atom is -0.352 e. The van der Waals surface area contributed by atoms with Gasteiger partial charge in [0.25, 0.3) is 0 Å². The summed E-state index contributed by atoms with van der Waals surface area (Å²) in [6, 6.07) is 10.3. The van der Waals surface area contributed by atoms with Crippen LogP contribution >= 0.6 is 35.3 Å². The number of halogens is 1. The maximum absolute atomic E-state index is 4.55. The summed E-state index contributed by atoms with van der Waals surface area (Å²) in [5.74, 6) is 0.768. The van der Waals surface area contributed by atoms with Gasteiger partial charge in [-0.25, -0.2) is 4.98 Å². The van der Waals surface area contributed by atoms with Crippen molar-refractivity contribution < 1.29 is 0 Å². The first-order valence-corrected chi connectivity index (χ1v) is 9.39. The summed E-state index contributed by atoms with van der Waals surface area (Å²) in [7, 11) is 1.78. The van der Waals surface area contributed by atoms with E-state index in [0.717, 1.165) is 23.2 Å². The van der Waals surface area contributed by atoms with Crippen molar-refractivity contribution in [2.24, 2.45) is 4.99 Å². The van der Waals surface area contributed by atoms with E-state index >= 15 is 0 Å². The van der Waals surface area contributed by atoms with Crippen molar-refractivity contribution in [3.05, 3.63) is 69.4 Å². The first-order valence-electron chi connectivity index (χ1n) is 8.57. The molecule has 0 unspecified atom stereocenters. The molecule has 1 aromatic carbocycles. The van der Waals surface area contributed by atoms with Gasteiger partial charge in [0.15, 0.2) is 5.96 Å². The van der Waals surface area contributed by atoms with Crippen LogP contribution in [0.2, 0.25) is 0 Å². The monoisotopic (exact) mass is 496 g/mol. The molecule has 8 heteroatoms. The van der Waals surface area contributed by atoms with E-state index in [1.165, 1.54) is 16.0 Å². The maximum atomic E-state index is 4.55. The summed E-state index contributed by atoms with van der Waals surface area (Å²) >= 11 is 1.72. The predicted molar refractivity (Wildman–Crippen MR) is 122 cm³/mol. The summed E-state index contributed by atoms with van der Waals surface area (Å²) in [5.41, 5.74) is 3.57. The van der Waals surface area contributed by atoms with Crippen LogP contribution in [-0.2, 0) is 19.6 Å². The number of nitrogens with zero attached hydrogens (tertiary/aromatic N) is 4. The minimum atomic E-state index is 0.